The molecule has 16 heavy (non-hydrogen) atoms. The van der Waals surface area contributed by atoms with Crippen LogP contribution >= 0.6 is 69.7 Å². The average Bonchev–Trinajstić information content (AvgIpc) is 3.02. The fraction of sp³-hybridized carbons (Fsp3) is 0. The molecule has 80 valence electrons. The topological polar surface area (TPSA) is 3.24 Å². The Kier molecular flexibility index (Phi) is 4.75. The largest absolute Gasteiger partial charge is 0.368 e. The molecule has 0 aromatic carbocycles. The van der Waals surface area contributed by atoms with Crippen molar-refractivity contribution in [2.24, 2.45) is 0 Å². The van der Waals surface area contributed by atoms with Gasteiger partial charge in [0.2, 0.25) is 0 Å². The van der Waals surface area contributed by atoms with Crippen LogP contribution in [0.1, 0.15) is 0 Å². The van der Waals surface area contributed by atoms with E-state index in [1.807, 2.05) is 69.7 Å². The van der Waals surface area contributed by atoms with Crippen molar-refractivity contribution in [3.05, 3.63) is 32.4 Å². The zero-order valence-electron chi connectivity index (χ0n) is 8.09. The van der Waals surface area contributed by atoms with Gasteiger partial charge in [0.05, 0.1) is 0 Å². The van der Waals surface area contributed by atoms with Gasteiger partial charge in [-0.1, -0.05) is 0 Å². The molecule has 0 aromatic heterocycles. The molecule has 0 saturated heterocycles. The van der Waals surface area contributed by atoms with E-state index < -0.39 is 0 Å². The number of nitrogens with zero attached hydrogens (tertiary/aromatic N) is 1. The first-order valence-corrected chi connectivity index (χ1v) is 10.3. The molecule has 0 atom stereocenters. The lowest BCUT2D eigenvalue weighted by Crippen LogP contribution is -2.48. The summed E-state index contributed by atoms with van der Waals surface area (Å²) in [6.45, 7) is 0. The Morgan fingerprint density at radius 3 is 1.00 bits per heavy atom. The van der Waals surface area contributed by atoms with Crippen molar-refractivity contribution >= 4 is 85.9 Å². The molecule has 3 aliphatic heterocycles. The standard InChI is InChI=1S/C6H6B3NS6/c1-2-12-7(11-1)10(8-13-3-4-14-8)9-15-5-6-16-9/h1-6H. The fourth-order valence-corrected chi connectivity index (χ4v) is 8.91. The van der Waals surface area contributed by atoms with Crippen LogP contribution in [0, 0.1) is 0 Å². The molecule has 0 amide bonds. The summed E-state index contributed by atoms with van der Waals surface area (Å²) in [6.07, 6.45) is 0. The van der Waals surface area contributed by atoms with Crippen molar-refractivity contribution in [1.29, 1.82) is 0 Å². The molecule has 0 spiro atoms. The summed E-state index contributed by atoms with van der Waals surface area (Å²) in [4.78, 5) is 0. The molecule has 0 aliphatic carbocycles. The van der Waals surface area contributed by atoms with Crippen molar-refractivity contribution in [3.8, 4) is 0 Å². The van der Waals surface area contributed by atoms with E-state index in [0.29, 0.717) is 16.2 Å². The van der Waals surface area contributed by atoms with Crippen LogP contribution in [-0.2, 0) is 0 Å². The van der Waals surface area contributed by atoms with Gasteiger partial charge in [-0.15, -0.1) is 0 Å². The minimum atomic E-state index is 0.537. The van der Waals surface area contributed by atoms with Crippen LogP contribution in [0.5, 0.6) is 0 Å². The van der Waals surface area contributed by atoms with Gasteiger partial charge in [-0.25, -0.2) is 0 Å². The van der Waals surface area contributed by atoms with E-state index in [4.69, 9.17) is 0 Å². The third kappa shape index (κ3) is 2.73. The van der Waals surface area contributed by atoms with E-state index in [0.717, 1.165) is 0 Å². The van der Waals surface area contributed by atoms with Gasteiger partial charge in [-0.05, 0) is 32.4 Å². The molecule has 10 heteroatoms. The van der Waals surface area contributed by atoms with E-state index >= 15 is 0 Å². The van der Waals surface area contributed by atoms with Crippen LogP contribution in [0.3, 0.4) is 0 Å². The smallest absolute Gasteiger partial charge is 0.349 e. The lowest BCUT2D eigenvalue weighted by atomic mass is 9.98. The van der Waals surface area contributed by atoms with Crippen LogP contribution in [-0.4, -0.2) is 20.8 Å². The maximum absolute atomic E-state index is 2.61. The second-order valence-electron chi connectivity index (χ2n) is 3.00. The summed E-state index contributed by atoms with van der Waals surface area (Å²) in [6, 6.07) is 0. The first kappa shape index (κ1) is 12.5. The molecule has 0 bridgehead atoms. The average molecular weight is 317 g/mol. The molecular weight excluding hydrogens is 311 g/mol. The Labute approximate surface area is 122 Å². The molecule has 0 aromatic rings. The lowest BCUT2D eigenvalue weighted by Gasteiger charge is -2.30. The van der Waals surface area contributed by atoms with Gasteiger partial charge in [0.1, 0.15) is 0 Å². The van der Waals surface area contributed by atoms with Gasteiger partial charge < -0.3 is 4.63 Å². The molecule has 0 unspecified atom stereocenters. The summed E-state index contributed by atoms with van der Waals surface area (Å²) < 4.78 is 2.61. The molecule has 3 heterocycles. The van der Waals surface area contributed by atoms with Crippen molar-refractivity contribution < 1.29 is 0 Å². The normalized spacial score (nSPS) is 23.4. The van der Waals surface area contributed by atoms with Crippen LogP contribution in [0.2, 0.25) is 0 Å². The summed E-state index contributed by atoms with van der Waals surface area (Å²) >= 11 is 11.5. The minimum Gasteiger partial charge on any atom is -0.368 e. The molecule has 3 rings (SSSR count). The maximum atomic E-state index is 2.61. The number of hydrogen-bond donors (Lipinski definition) is 0. The van der Waals surface area contributed by atoms with Crippen molar-refractivity contribution in [1.82, 2.24) is 4.63 Å². The Bertz CT molecular complexity index is 273. The van der Waals surface area contributed by atoms with Crippen LogP contribution < -0.4 is 0 Å². The quantitative estimate of drug-likeness (QED) is 0.712. The highest BCUT2D eigenvalue weighted by atomic mass is 32.2. The SMILES string of the molecule is C1=CSB(N(B2SC=CS2)B2SC=CS2)S1. The minimum absolute atomic E-state index is 0.537. The molecule has 3 aliphatic rings. The first-order chi connectivity index (χ1) is 7.95. The predicted octanol–water partition coefficient (Wildman–Crippen LogP) is 4.10. The van der Waals surface area contributed by atoms with E-state index in [1.165, 1.54) is 0 Å². The Hall–Kier alpha value is 1.47. The molecule has 0 saturated carbocycles. The van der Waals surface area contributed by atoms with E-state index in [-0.39, 0.29) is 0 Å². The zero-order valence-corrected chi connectivity index (χ0v) is 13.0. The van der Waals surface area contributed by atoms with E-state index in [9.17, 15) is 0 Å². The van der Waals surface area contributed by atoms with Crippen molar-refractivity contribution in [3.63, 3.8) is 0 Å². The summed E-state index contributed by atoms with van der Waals surface area (Å²) in [5.41, 5.74) is 0. The molecule has 0 fully saturated rings. The highest BCUT2D eigenvalue weighted by Gasteiger charge is 2.43. The molecular formula is C6H6B3NS6. The number of hydrogen-bond acceptors (Lipinski definition) is 7. The van der Waals surface area contributed by atoms with E-state index in [2.05, 4.69) is 37.1 Å². The zero-order chi connectivity index (χ0) is 10.8. The van der Waals surface area contributed by atoms with Crippen molar-refractivity contribution in [2.75, 3.05) is 0 Å². The summed E-state index contributed by atoms with van der Waals surface area (Å²) in [7, 11) is 0. The molecule has 0 N–H and O–H groups in total. The van der Waals surface area contributed by atoms with Crippen LogP contribution in [0.25, 0.3) is 0 Å². The number of rotatable bonds is 3. The van der Waals surface area contributed by atoms with Gasteiger partial charge in [0.25, 0.3) is 0 Å². The predicted molar refractivity (Wildman–Crippen MR) is 92.1 cm³/mol. The van der Waals surface area contributed by atoms with Gasteiger partial charge in [-0.3, -0.25) is 0 Å². The Morgan fingerprint density at radius 2 is 0.750 bits per heavy atom. The van der Waals surface area contributed by atoms with E-state index in [1.54, 1.807) is 0 Å². The Balaban J connectivity index is 1.71. The summed E-state index contributed by atoms with van der Waals surface area (Å²) in [5.74, 6) is 0. The lowest BCUT2D eigenvalue weighted by molar-refractivity contribution is 1.14. The third-order valence-electron chi connectivity index (χ3n) is 2.07. The highest BCUT2D eigenvalue weighted by molar-refractivity contribution is 8.65. The maximum Gasteiger partial charge on any atom is 0.349 e. The monoisotopic (exact) mass is 317 g/mol. The summed E-state index contributed by atoms with van der Waals surface area (Å²) in [5, 5.41) is 14.8. The molecule has 1 nitrogen and oxygen atoms in total. The second-order valence-corrected chi connectivity index (χ2v) is 9.84. The third-order valence-corrected chi connectivity index (χ3v) is 9.20. The molecule has 0 radical (unpaired) electrons. The fourth-order valence-electron chi connectivity index (χ4n) is 1.41. The highest BCUT2D eigenvalue weighted by Crippen LogP contribution is 2.45. The first-order valence-electron chi connectivity index (χ1n) is 4.60. The van der Waals surface area contributed by atoms with Crippen LogP contribution in [0.4, 0.5) is 0 Å². The van der Waals surface area contributed by atoms with Crippen molar-refractivity contribution in [2.45, 2.75) is 0 Å². The van der Waals surface area contributed by atoms with Gasteiger partial charge in [0, 0.05) is 0 Å². The van der Waals surface area contributed by atoms with Gasteiger partial charge in [-0.2, -0.15) is 69.7 Å². The van der Waals surface area contributed by atoms with Gasteiger partial charge in [0.15, 0.2) is 0 Å². The Morgan fingerprint density at radius 1 is 0.500 bits per heavy atom. The second kappa shape index (κ2) is 6.08. The van der Waals surface area contributed by atoms with Gasteiger partial charge >= 0.3 is 16.2 Å². The van der Waals surface area contributed by atoms with Crippen LogP contribution in [0.15, 0.2) is 32.4 Å².